The molecule has 4 rings (SSSR count). The largest absolute Gasteiger partial charge is 0.382 e. The second kappa shape index (κ2) is 18.9. The van der Waals surface area contributed by atoms with Crippen LogP contribution in [0.2, 0.25) is 0 Å². The van der Waals surface area contributed by atoms with Crippen molar-refractivity contribution in [3.8, 4) is 0 Å². The maximum atomic E-state index is 11.4. The van der Waals surface area contributed by atoms with Gasteiger partial charge in [-0.05, 0) is 92.3 Å². The van der Waals surface area contributed by atoms with Crippen LogP contribution in [0.3, 0.4) is 0 Å². The highest BCUT2D eigenvalue weighted by Gasteiger charge is 2.66. The van der Waals surface area contributed by atoms with Gasteiger partial charge in [0, 0.05) is 33.2 Å². The molecule has 4 fully saturated rings. The molecular weight excluding hydrogens is 592 g/mol. The molecule has 0 amide bonds. The first-order valence-electron chi connectivity index (χ1n) is 17.8. The van der Waals surface area contributed by atoms with Gasteiger partial charge in [0.15, 0.2) is 0 Å². The summed E-state index contributed by atoms with van der Waals surface area (Å²) in [5, 5.41) is 0. The first-order valence-corrected chi connectivity index (χ1v) is 17.8. The van der Waals surface area contributed by atoms with E-state index in [9.17, 15) is 4.79 Å². The summed E-state index contributed by atoms with van der Waals surface area (Å²) in [4.78, 5) is 11.4. The average molecular weight is 657 g/mol. The quantitative estimate of drug-likeness (QED) is 0.0844. The molecule has 0 saturated heterocycles. The monoisotopic (exact) mass is 656 g/mol. The highest BCUT2D eigenvalue weighted by atomic mass is 16.7. The van der Waals surface area contributed by atoms with Gasteiger partial charge in [0.05, 0.1) is 58.0 Å². The highest BCUT2D eigenvalue weighted by Crippen LogP contribution is 2.69. The van der Waals surface area contributed by atoms with Gasteiger partial charge in [-0.1, -0.05) is 20.8 Å². The summed E-state index contributed by atoms with van der Waals surface area (Å²) in [5.74, 6) is 2.74. The molecule has 0 aromatic rings. The Morgan fingerprint density at radius 2 is 1.37 bits per heavy atom. The van der Waals surface area contributed by atoms with Gasteiger partial charge >= 0.3 is 0 Å². The second-order valence-electron chi connectivity index (χ2n) is 14.7. The number of carbonyl (C=O) groups is 1. The SMILES string of the molecule is COCCOCO[C@@H]1CC[C@@]2(C)[C@@H](C1)C[C@@H](OCOCCOC)[C@@H]1[C@@H]2C[C@H](OCOCCOC)[C@]2(C)[C@@H]([C@H](C)CCC=O)CC[C@@H]12. The normalized spacial score (nSPS) is 37.8. The number of fused-ring (bicyclic) bond motifs is 5. The average Bonchev–Trinajstić information content (AvgIpc) is 3.41. The lowest BCUT2D eigenvalue weighted by atomic mass is 9.43. The fraction of sp³-hybridized carbons (Fsp3) is 0.972. The Morgan fingerprint density at radius 1 is 0.739 bits per heavy atom. The smallest absolute Gasteiger partial charge is 0.147 e. The van der Waals surface area contributed by atoms with Crippen LogP contribution in [0, 0.1) is 46.3 Å². The van der Waals surface area contributed by atoms with Crippen LogP contribution in [0.4, 0.5) is 0 Å². The minimum Gasteiger partial charge on any atom is -0.382 e. The Bertz CT molecular complexity index is 876. The fourth-order valence-corrected chi connectivity index (χ4v) is 10.2. The van der Waals surface area contributed by atoms with Gasteiger partial charge in [-0.25, -0.2) is 0 Å². The van der Waals surface area contributed by atoms with E-state index in [-0.39, 0.29) is 42.7 Å². The van der Waals surface area contributed by atoms with E-state index in [1.807, 2.05) is 0 Å². The van der Waals surface area contributed by atoms with E-state index in [0.717, 1.165) is 57.7 Å². The molecule has 4 saturated carbocycles. The Labute approximate surface area is 278 Å². The van der Waals surface area contributed by atoms with Gasteiger partial charge in [0.25, 0.3) is 0 Å². The van der Waals surface area contributed by atoms with Crippen LogP contribution in [-0.4, -0.2) is 106 Å². The number of hydrogen-bond donors (Lipinski definition) is 0. The number of ether oxygens (including phenoxy) is 9. The Balaban J connectivity index is 1.58. The summed E-state index contributed by atoms with van der Waals surface area (Å²) in [5.41, 5.74) is 0.134. The predicted molar refractivity (Wildman–Crippen MR) is 173 cm³/mol. The van der Waals surface area contributed by atoms with Crippen molar-refractivity contribution in [3.05, 3.63) is 0 Å². The van der Waals surface area contributed by atoms with Gasteiger partial charge < -0.3 is 47.4 Å². The second-order valence-corrected chi connectivity index (χ2v) is 14.7. The summed E-state index contributed by atoms with van der Waals surface area (Å²) in [6.07, 6.45) is 10.5. The van der Waals surface area contributed by atoms with E-state index < -0.39 is 0 Å². The van der Waals surface area contributed by atoms with Crippen molar-refractivity contribution in [3.63, 3.8) is 0 Å². The van der Waals surface area contributed by atoms with Crippen molar-refractivity contribution in [1.82, 2.24) is 0 Å². The first-order chi connectivity index (χ1) is 22.3. The maximum absolute atomic E-state index is 11.4. The molecule has 4 aliphatic rings. The van der Waals surface area contributed by atoms with E-state index in [1.54, 1.807) is 21.3 Å². The molecule has 46 heavy (non-hydrogen) atoms. The number of carbonyl (C=O) groups excluding carboxylic acids is 1. The van der Waals surface area contributed by atoms with Gasteiger partial charge in [0.1, 0.15) is 26.7 Å². The van der Waals surface area contributed by atoms with Crippen molar-refractivity contribution in [1.29, 1.82) is 0 Å². The molecule has 0 unspecified atom stereocenters. The van der Waals surface area contributed by atoms with Gasteiger partial charge in [0.2, 0.25) is 0 Å². The summed E-state index contributed by atoms with van der Waals surface area (Å²) in [6, 6.07) is 0. The Hall–Kier alpha value is -0.690. The summed E-state index contributed by atoms with van der Waals surface area (Å²) >= 11 is 0. The third kappa shape index (κ3) is 8.90. The first kappa shape index (κ1) is 38.1. The molecule has 0 aliphatic heterocycles. The predicted octanol–water partition coefficient (Wildman–Crippen LogP) is 5.50. The topological polar surface area (TPSA) is 100 Å². The Kier molecular flexibility index (Phi) is 15.7. The number of aldehydes is 1. The number of hydrogen-bond acceptors (Lipinski definition) is 10. The van der Waals surface area contributed by atoms with Crippen LogP contribution in [0.1, 0.15) is 78.6 Å². The van der Waals surface area contributed by atoms with Gasteiger partial charge in [-0.3, -0.25) is 0 Å². The minimum absolute atomic E-state index is 0.0321. The van der Waals surface area contributed by atoms with Crippen molar-refractivity contribution < 1.29 is 47.4 Å². The Morgan fingerprint density at radius 3 is 2.00 bits per heavy atom. The molecular formula is C36H64O10. The van der Waals surface area contributed by atoms with E-state index in [2.05, 4.69) is 20.8 Å². The third-order valence-electron chi connectivity index (χ3n) is 12.6. The molecule has 0 radical (unpaired) electrons. The molecule has 0 N–H and O–H groups in total. The van der Waals surface area contributed by atoms with Crippen molar-refractivity contribution in [2.24, 2.45) is 46.3 Å². The zero-order chi connectivity index (χ0) is 33.0. The third-order valence-corrected chi connectivity index (χ3v) is 12.6. The van der Waals surface area contributed by atoms with Crippen molar-refractivity contribution in [2.45, 2.75) is 96.9 Å². The van der Waals surface area contributed by atoms with Crippen LogP contribution < -0.4 is 0 Å². The van der Waals surface area contributed by atoms with E-state index >= 15 is 0 Å². The summed E-state index contributed by atoms with van der Waals surface area (Å²) in [7, 11) is 5.07. The van der Waals surface area contributed by atoms with Crippen molar-refractivity contribution in [2.75, 3.05) is 81.3 Å². The highest BCUT2D eigenvalue weighted by molar-refractivity contribution is 5.49. The molecule has 0 aromatic heterocycles. The number of rotatable bonds is 22. The van der Waals surface area contributed by atoms with Crippen LogP contribution in [-0.2, 0) is 47.4 Å². The molecule has 0 aromatic carbocycles. The molecule has 0 bridgehead atoms. The fourth-order valence-electron chi connectivity index (χ4n) is 10.2. The lowest BCUT2D eigenvalue weighted by molar-refractivity contribution is -0.253. The van der Waals surface area contributed by atoms with E-state index in [4.69, 9.17) is 42.6 Å². The molecule has 0 spiro atoms. The lowest BCUT2D eigenvalue weighted by Crippen LogP contribution is -2.63. The molecule has 268 valence electrons. The van der Waals surface area contributed by atoms with E-state index in [1.165, 1.54) is 0 Å². The minimum atomic E-state index is -0.0321. The molecule has 4 aliphatic carbocycles. The summed E-state index contributed by atoms with van der Waals surface area (Å²) in [6.45, 7) is 11.5. The van der Waals surface area contributed by atoms with Crippen molar-refractivity contribution >= 4 is 6.29 Å². The van der Waals surface area contributed by atoms with Gasteiger partial charge in [-0.2, -0.15) is 0 Å². The standard InChI is InChI=1S/C36H64O10/c1-26(8-7-13-37)29-9-10-30-34-31(22-33(36(29,30)3)46-25-43-19-16-40-6)35(2)12-11-28(44-23-41-17-14-38-4)20-27(35)21-32(34)45-24-42-18-15-39-5/h13,26-34H,7-12,14-25H2,1-6H3/t26-,27+,28-,29-,30+,31+,32-,33+,34+,35+,36-/m1/s1. The lowest BCUT2D eigenvalue weighted by Gasteiger charge is -2.64. The molecule has 10 nitrogen and oxygen atoms in total. The maximum Gasteiger partial charge on any atom is 0.147 e. The zero-order valence-corrected chi connectivity index (χ0v) is 29.6. The number of methoxy groups -OCH3 is 3. The molecule has 0 heterocycles. The van der Waals surface area contributed by atoms with Crippen LogP contribution in [0.15, 0.2) is 0 Å². The zero-order valence-electron chi connectivity index (χ0n) is 29.6. The van der Waals surface area contributed by atoms with E-state index in [0.29, 0.717) is 88.4 Å². The van der Waals surface area contributed by atoms with Crippen LogP contribution in [0.5, 0.6) is 0 Å². The molecule has 11 atom stereocenters. The van der Waals surface area contributed by atoms with Gasteiger partial charge in [-0.15, -0.1) is 0 Å². The van der Waals surface area contributed by atoms with Crippen LogP contribution in [0.25, 0.3) is 0 Å². The summed E-state index contributed by atoms with van der Waals surface area (Å²) < 4.78 is 52.8. The van der Waals surface area contributed by atoms with Crippen LogP contribution >= 0.6 is 0 Å². The molecule has 10 heteroatoms.